The maximum Gasteiger partial charge on any atom is 0.210 e. The van der Waals surface area contributed by atoms with Crippen molar-refractivity contribution in [3.8, 4) is 0 Å². The maximum atomic E-state index is 10.4. The molecule has 0 bridgehead atoms. The van der Waals surface area contributed by atoms with E-state index in [0.29, 0.717) is 35.1 Å². The van der Waals surface area contributed by atoms with Gasteiger partial charge in [-0.1, -0.05) is 58.1 Å². The van der Waals surface area contributed by atoms with Gasteiger partial charge in [0.15, 0.2) is 11.6 Å². The second kappa shape index (κ2) is 14.4. The molecule has 0 atom stereocenters. The molecule has 41 heavy (non-hydrogen) atoms. The van der Waals surface area contributed by atoms with Crippen LogP contribution < -0.4 is 16.6 Å². The summed E-state index contributed by atoms with van der Waals surface area (Å²) < 4.78 is 2.04. The van der Waals surface area contributed by atoms with E-state index in [0.717, 1.165) is 43.0 Å². The van der Waals surface area contributed by atoms with Crippen LogP contribution in [0.25, 0.3) is 0 Å². The fraction of sp³-hybridized carbons (Fsp3) is 0.567. The first-order valence-corrected chi connectivity index (χ1v) is 14.5. The third-order valence-electron chi connectivity index (χ3n) is 7.72. The van der Waals surface area contributed by atoms with Crippen LogP contribution in [0.3, 0.4) is 0 Å². The molecule has 5 rings (SSSR count). The van der Waals surface area contributed by atoms with Crippen LogP contribution in [0.5, 0.6) is 0 Å². The number of carbonyl (C=O) groups excluding carboxylic acids is 1. The van der Waals surface area contributed by atoms with Crippen LogP contribution in [0.1, 0.15) is 82.8 Å². The number of nitrogen functional groups attached to an aromatic ring is 1. The summed E-state index contributed by atoms with van der Waals surface area (Å²) in [6.07, 6.45) is 9.95. The van der Waals surface area contributed by atoms with E-state index in [4.69, 9.17) is 11.6 Å². The fourth-order valence-corrected chi connectivity index (χ4v) is 5.21. The number of fused-ring (bicyclic) bond motifs is 1. The van der Waals surface area contributed by atoms with Gasteiger partial charge in [0.1, 0.15) is 11.6 Å². The number of benzene rings is 1. The van der Waals surface area contributed by atoms with Crippen LogP contribution in [-0.4, -0.2) is 47.7 Å². The lowest BCUT2D eigenvalue weighted by molar-refractivity contribution is -0.119. The molecule has 0 spiro atoms. The molecule has 0 saturated heterocycles. The predicted octanol–water partition coefficient (Wildman–Crippen LogP) is 4.39. The van der Waals surface area contributed by atoms with E-state index in [1.165, 1.54) is 37.1 Å². The predicted molar refractivity (Wildman–Crippen MR) is 162 cm³/mol. The summed E-state index contributed by atoms with van der Waals surface area (Å²) in [7, 11) is 0. The Kier molecular flexibility index (Phi) is 11.2. The second-order valence-electron chi connectivity index (χ2n) is 11.7. The molecular formula is C30H47N9O2. The highest BCUT2D eigenvalue weighted by Crippen LogP contribution is 2.34. The van der Waals surface area contributed by atoms with Crippen molar-refractivity contribution in [3.63, 3.8) is 0 Å². The van der Waals surface area contributed by atoms with Gasteiger partial charge in [0.25, 0.3) is 0 Å². The molecule has 11 heteroatoms. The number of nitrogens with two attached hydrogens (primary N) is 2. The number of carbonyl (C=O) groups is 1. The van der Waals surface area contributed by atoms with Crippen LogP contribution in [-0.2, 0) is 23.5 Å². The van der Waals surface area contributed by atoms with Gasteiger partial charge in [-0.2, -0.15) is 0 Å². The molecule has 224 valence electrons. The highest BCUT2D eigenvalue weighted by atomic mass is 16.3. The van der Waals surface area contributed by atoms with E-state index in [9.17, 15) is 9.90 Å². The van der Waals surface area contributed by atoms with E-state index < -0.39 is 5.60 Å². The van der Waals surface area contributed by atoms with Gasteiger partial charge in [0, 0.05) is 30.9 Å². The zero-order chi connectivity index (χ0) is 30.2. The average Bonchev–Trinajstić information content (AvgIpc) is 3.33. The van der Waals surface area contributed by atoms with Crippen molar-refractivity contribution in [2.24, 2.45) is 17.7 Å². The van der Waals surface area contributed by atoms with E-state index in [2.05, 4.69) is 34.0 Å². The summed E-state index contributed by atoms with van der Waals surface area (Å²) >= 11 is 0. The maximum absolute atomic E-state index is 10.4. The van der Waals surface area contributed by atoms with Crippen molar-refractivity contribution in [3.05, 3.63) is 53.5 Å². The minimum Gasteiger partial charge on any atom is -0.397 e. The smallest absolute Gasteiger partial charge is 0.210 e. The Hall–Kier alpha value is -3.57. The first-order valence-electron chi connectivity index (χ1n) is 14.5. The van der Waals surface area contributed by atoms with Gasteiger partial charge in [-0.15, -0.1) is 10.2 Å². The Balaban J connectivity index is 0.000000186. The number of aliphatic hydroxyl groups is 1. The number of amides is 1. The number of hydrogen-bond acceptors (Lipinski definition) is 9. The Morgan fingerprint density at radius 2 is 1.80 bits per heavy atom. The highest BCUT2D eigenvalue weighted by molar-refractivity contribution is 5.75. The summed E-state index contributed by atoms with van der Waals surface area (Å²) in [6.45, 7) is 13.9. The molecule has 0 radical (unpaired) electrons. The van der Waals surface area contributed by atoms with Gasteiger partial charge < -0.3 is 20.3 Å². The van der Waals surface area contributed by atoms with E-state index >= 15 is 0 Å². The number of hydrogen-bond donors (Lipinski definition) is 3. The van der Waals surface area contributed by atoms with Gasteiger partial charge in [-0.05, 0) is 45.6 Å². The number of rotatable bonds is 5. The molecule has 1 aliphatic carbocycles. The molecule has 1 fully saturated rings. The Morgan fingerprint density at radius 3 is 2.39 bits per heavy atom. The SMILES string of the molecule is CC(C)C1CCCCC1.Cc1nccc(N(N)c2cccc(C(C)(C)O)c2N)n1.Cc1nnc2n1CCN(C=O)C2. The molecule has 2 aliphatic rings. The third-order valence-corrected chi connectivity index (χ3v) is 7.72. The molecule has 1 saturated carbocycles. The van der Waals surface area contributed by atoms with E-state index in [-0.39, 0.29) is 0 Å². The normalized spacial score (nSPS) is 15.3. The number of para-hydroxylation sites is 1. The quantitative estimate of drug-likeness (QED) is 0.177. The average molecular weight is 566 g/mol. The van der Waals surface area contributed by atoms with Crippen molar-refractivity contribution in [1.29, 1.82) is 0 Å². The number of anilines is 3. The van der Waals surface area contributed by atoms with Gasteiger partial charge in [0.2, 0.25) is 6.41 Å². The van der Waals surface area contributed by atoms with Crippen molar-refractivity contribution in [1.82, 2.24) is 29.6 Å². The molecule has 1 aliphatic heterocycles. The van der Waals surface area contributed by atoms with Crippen LogP contribution in [0.15, 0.2) is 30.5 Å². The van der Waals surface area contributed by atoms with Gasteiger partial charge in [-0.3, -0.25) is 9.80 Å². The van der Waals surface area contributed by atoms with Crippen molar-refractivity contribution < 1.29 is 9.90 Å². The minimum absolute atomic E-state index is 0.429. The number of aryl methyl sites for hydroxylation is 2. The zero-order valence-corrected chi connectivity index (χ0v) is 25.4. The summed E-state index contributed by atoms with van der Waals surface area (Å²) in [4.78, 5) is 20.4. The zero-order valence-electron chi connectivity index (χ0n) is 25.4. The molecule has 11 nitrogen and oxygen atoms in total. The summed E-state index contributed by atoms with van der Waals surface area (Å²) in [5, 5.41) is 19.4. The third kappa shape index (κ3) is 8.71. The van der Waals surface area contributed by atoms with Crippen molar-refractivity contribution in [2.45, 2.75) is 92.3 Å². The van der Waals surface area contributed by atoms with Crippen LogP contribution in [0.2, 0.25) is 0 Å². The summed E-state index contributed by atoms with van der Waals surface area (Å²) in [6, 6.07) is 7.05. The second-order valence-corrected chi connectivity index (χ2v) is 11.7. The Bertz CT molecular complexity index is 1260. The van der Waals surface area contributed by atoms with Crippen molar-refractivity contribution in [2.75, 3.05) is 17.3 Å². The highest BCUT2D eigenvalue weighted by Gasteiger charge is 2.22. The number of hydrazine groups is 1. The lowest BCUT2D eigenvalue weighted by atomic mass is 9.82. The first-order chi connectivity index (χ1) is 19.4. The van der Waals surface area contributed by atoms with Crippen LogP contribution in [0.4, 0.5) is 17.2 Å². The molecule has 1 amide bonds. The molecule has 3 aromatic rings. The topological polar surface area (TPSA) is 152 Å². The van der Waals surface area contributed by atoms with Crippen LogP contribution >= 0.6 is 0 Å². The van der Waals surface area contributed by atoms with E-state index in [1.807, 2.05) is 11.5 Å². The van der Waals surface area contributed by atoms with Gasteiger partial charge >= 0.3 is 0 Å². The molecule has 3 heterocycles. The lowest BCUT2D eigenvalue weighted by Crippen LogP contribution is -2.32. The molecule has 0 unspecified atom stereocenters. The van der Waals surface area contributed by atoms with E-state index in [1.54, 1.807) is 56.1 Å². The first kappa shape index (κ1) is 32.0. The van der Waals surface area contributed by atoms with Gasteiger partial charge in [-0.25, -0.2) is 15.8 Å². The molecule has 1 aromatic carbocycles. The lowest BCUT2D eigenvalue weighted by Gasteiger charge is -2.25. The standard InChI is InChI=1S/C14H19N5O.C9H18.C7H10N4O/c1-9-17-8-7-12(18-9)19(16)11-6-4-5-10(13(11)15)14(2,3)20;1-8(2)9-6-4-3-5-7-9;1-6-8-9-7-4-10(5-12)2-3-11(6)7/h4-8,20H,15-16H2,1-3H3;8-9H,3-7H2,1-2H3;5H,2-4H2,1H3. The number of nitrogens with zero attached hydrogens (tertiary/aromatic N) is 7. The van der Waals surface area contributed by atoms with Gasteiger partial charge in [0.05, 0.1) is 23.5 Å². The Morgan fingerprint density at radius 1 is 1.10 bits per heavy atom. The van der Waals surface area contributed by atoms with Crippen molar-refractivity contribution >= 4 is 23.6 Å². The molecular weight excluding hydrogens is 518 g/mol. The summed E-state index contributed by atoms with van der Waals surface area (Å²) in [5.41, 5.74) is 6.72. The fourth-order valence-electron chi connectivity index (χ4n) is 5.21. The summed E-state index contributed by atoms with van der Waals surface area (Å²) in [5.74, 6) is 11.0. The largest absolute Gasteiger partial charge is 0.397 e. The Labute approximate surface area is 244 Å². The minimum atomic E-state index is -1.04. The monoisotopic (exact) mass is 565 g/mol. The number of aromatic nitrogens is 5. The molecule has 5 N–H and O–H groups in total. The van der Waals surface area contributed by atoms with Crippen LogP contribution in [0, 0.1) is 25.7 Å². The molecule has 2 aromatic heterocycles.